The largest absolute Gasteiger partial charge is 0.340 e. The molecule has 1 atom stereocenters. The van der Waals surface area contributed by atoms with E-state index in [0.29, 0.717) is 30.3 Å². The van der Waals surface area contributed by atoms with Crippen molar-refractivity contribution in [2.75, 3.05) is 13.1 Å². The highest BCUT2D eigenvalue weighted by Crippen LogP contribution is 2.13. The predicted octanol–water partition coefficient (Wildman–Crippen LogP) is 2.02. The summed E-state index contributed by atoms with van der Waals surface area (Å²) in [7, 11) is 0. The average Bonchev–Trinajstić information content (AvgIpc) is 2.65. The maximum atomic E-state index is 12.2. The fourth-order valence-electron chi connectivity index (χ4n) is 2.25. The number of amides is 1. The molecule has 0 bridgehead atoms. The van der Waals surface area contributed by atoms with Crippen LogP contribution in [-0.2, 0) is 4.79 Å². The van der Waals surface area contributed by atoms with Crippen molar-refractivity contribution in [3.63, 3.8) is 0 Å². The van der Waals surface area contributed by atoms with Gasteiger partial charge in [0.15, 0.2) is 0 Å². The number of hydrogen-bond acceptors (Lipinski definition) is 2. The van der Waals surface area contributed by atoms with Gasteiger partial charge in [-0.1, -0.05) is 13.8 Å². The summed E-state index contributed by atoms with van der Waals surface area (Å²) in [5, 5.41) is 3.39. The lowest BCUT2D eigenvalue weighted by Gasteiger charge is -2.29. The van der Waals surface area contributed by atoms with E-state index in [0.717, 1.165) is 19.5 Å². The van der Waals surface area contributed by atoms with Crippen LogP contribution in [0.1, 0.15) is 47.0 Å². The van der Waals surface area contributed by atoms with Crippen LogP contribution in [-0.4, -0.2) is 36.0 Å². The minimum atomic E-state index is 0.308. The molecule has 1 amide bonds. The van der Waals surface area contributed by atoms with E-state index in [-0.39, 0.29) is 0 Å². The van der Waals surface area contributed by atoms with Gasteiger partial charge in [0, 0.05) is 25.0 Å². The Labute approximate surface area is 99.6 Å². The Balaban J connectivity index is 2.46. The SMILES string of the molecule is CC(C)CN(C(=O)CC1CCCN1)C(C)C. The molecule has 0 aromatic rings. The molecule has 0 aromatic heterocycles. The van der Waals surface area contributed by atoms with Gasteiger partial charge in [-0.25, -0.2) is 0 Å². The highest BCUT2D eigenvalue weighted by Gasteiger charge is 2.23. The van der Waals surface area contributed by atoms with E-state index >= 15 is 0 Å². The van der Waals surface area contributed by atoms with Gasteiger partial charge in [-0.05, 0) is 39.2 Å². The first-order valence-corrected chi connectivity index (χ1v) is 6.53. The number of nitrogens with one attached hydrogen (secondary N) is 1. The van der Waals surface area contributed by atoms with Crippen LogP contribution in [0.3, 0.4) is 0 Å². The molecule has 0 saturated carbocycles. The van der Waals surface area contributed by atoms with Crippen molar-refractivity contribution in [1.29, 1.82) is 0 Å². The van der Waals surface area contributed by atoms with Gasteiger partial charge in [0.1, 0.15) is 0 Å². The Bertz CT molecular complexity index is 220. The third-order valence-electron chi connectivity index (χ3n) is 3.09. The minimum Gasteiger partial charge on any atom is -0.340 e. The quantitative estimate of drug-likeness (QED) is 0.778. The summed E-state index contributed by atoms with van der Waals surface area (Å²) in [5.74, 6) is 0.853. The van der Waals surface area contributed by atoms with E-state index in [1.165, 1.54) is 6.42 Å². The van der Waals surface area contributed by atoms with E-state index < -0.39 is 0 Å². The zero-order valence-electron chi connectivity index (χ0n) is 11.1. The zero-order chi connectivity index (χ0) is 12.1. The Hall–Kier alpha value is -0.570. The second-order valence-electron chi connectivity index (χ2n) is 5.53. The molecule has 1 rings (SSSR count). The number of nitrogens with zero attached hydrogens (tertiary/aromatic N) is 1. The van der Waals surface area contributed by atoms with Crippen molar-refractivity contribution >= 4 is 5.91 Å². The molecule has 3 heteroatoms. The smallest absolute Gasteiger partial charge is 0.224 e. The summed E-state index contributed by atoms with van der Waals surface area (Å²) >= 11 is 0. The molecule has 1 saturated heterocycles. The van der Waals surface area contributed by atoms with Crippen molar-refractivity contribution in [2.45, 2.75) is 59.0 Å². The lowest BCUT2D eigenvalue weighted by molar-refractivity contribution is -0.133. The van der Waals surface area contributed by atoms with Gasteiger partial charge in [0.2, 0.25) is 5.91 Å². The van der Waals surface area contributed by atoms with Crippen LogP contribution in [0.5, 0.6) is 0 Å². The number of carbonyl (C=O) groups excluding carboxylic acids is 1. The van der Waals surface area contributed by atoms with Crippen LogP contribution in [0.4, 0.5) is 0 Å². The Morgan fingerprint density at radius 3 is 2.50 bits per heavy atom. The zero-order valence-corrected chi connectivity index (χ0v) is 11.1. The normalized spacial score (nSPS) is 20.8. The molecule has 1 N–H and O–H groups in total. The van der Waals surface area contributed by atoms with Gasteiger partial charge in [-0.2, -0.15) is 0 Å². The van der Waals surface area contributed by atoms with E-state index in [9.17, 15) is 4.79 Å². The van der Waals surface area contributed by atoms with Gasteiger partial charge in [0.25, 0.3) is 0 Å². The van der Waals surface area contributed by atoms with Gasteiger partial charge in [0.05, 0.1) is 0 Å². The summed E-state index contributed by atoms with van der Waals surface area (Å²) < 4.78 is 0. The van der Waals surface area contributed by atoms with Gasteiger partial charge < -0.3 is 10.2 Å². The standard InChI is InChI=1S/C13H26N2O/c1-10(2)9-15(11(3)4)13(16)8-12-6-5-7-14-12/h10-12,14H,5-9H2,1-4H3. The predicted molar refractivity (Wildman–Crippen MR) is 67.3 cm³/mol. The molecule has 0 aromatic carbocycles. The molecule has 16 heavy (non-hydrogen) atoms. The lowest BCUT2D eigenvalue weighted by atomic mass is 10.1. The summed E-state index contributed by atoms with van der Waals surface area (Å²) in [6.45, 7) is 10.5. The van der Waals surface area contributed by atoms with Crippen molar-refractivity contribution in [3.05, 3.63) is 0 Å². The van der Waals surface area contributed by atoms with Crippen LogP contribution >= 0.6 is 0 Å². The fraction of sp³-hybridized carbons (Fsp3) is 0.923. The van der Waals surface area contributed by atoms with Crippen molar-refractivity contribution < 1.29 is 4.79 Å². The van der Waals surface area contributed by atoms with Crippen LogP contribution in [0.25, 0.3) is 0 Å². The number of hydrogen-bond donors (Lipinski definition) is 1. The highest BCUT2D eigenvalue weighted by molar-refractivity contribution is 5.77. The Morgan fingerprint density at radius 2 is 2.06 bits per heavy atom. The lowest BCUT2D eigenvalue weighted by Crippen LogP contribution is -2.42. The van der Waals surface area contributed by atoms with Gasteiger partial charge in [-0.15, -0.1) is 0 Å². The molecular weight excluding hydrogens is 200 g/mol. The highest BCUT2D eigenvalue weighted by atomic mass is 16.2. The molecule has 1 unspecified atom stereocenters. The fourth-order valence-corrected chi connectivity index (χ4v) is 2.25. The van der Waals surface area contributed by atoms with Crippen molar-refractivity contribution in [1.82, 2.24) is 10.2 Å². The van der Waals surface area contributed by atoms with E-state index in [1.54, 1.807) is 0 Å². The summed E-state index contributed by atoms with van der Waals surface area (Å²) in [5.41, 5.74) is 0. The van der Waals surface area contributed by atoms with Gasteiger partial charge >= 0.3 is 0 Å². The topological polar surface area (TPSA) is 32.3 Å². The summed E-state index contributed by atoms with van der Waals surface area (Å²) in [4.78, 5) is 14.2. The average molecular weight is 226 g/mol. The van der Waals surface area contributed by atoms with Crippen molar-refractivity contribution in [3.8, 4) is 0 Å². The molecule has 0 radical (unpaired) electrons. The molecule has 0 aliphatic carbocycles. The van der Waals surface area contributed by atoms with Crippen LogP contribution in [0, 0.1) is 5.92 Å². The first-order valence-electron chi connectivity index (χ1n) is 6.53. The third-order valence-corrected chi connectivity index (χ3v) is 3.09. The van der Waals surface area contributed by atoms with Gasteiger partial charge in [-0.3, -0.25) is 4.79 Å². The maximum absolute atomic E-state index is 12.2. The second kappa shape index (κ2) is 6.24. The Kier molecular flexibility index (Phi) is 5.26. The summed E-state index contributed by atoms with van der Waals surface area (Å²) in [6, 6.07) is 0.734. The monoisotopic (exact) mass is 226 g/mol. The van der Waals surface area contributed by atoms with E-state index in [1.807, 2.05) is 4.90 Å². The van der Waals surface area contributed by atoms with Crippen LogP contribution in [0.15, 0.2) is 0 Å². The minimum absolute atomic E-state index is 0.308. The molecular formula is C13H26N2O. The van der Waals surface area contributed by atoms with Crippen LogP contribution in [0.2, 0.25) is 0 Å². The molecule has 3 nitrogen and oxygen atoms in total. The van der Waals surface area contributed by atoms with E-state index in [4.69, 9.17) is 0 Å². The van der Waals surface area contributed by atoms with Crippen LogP contribution < -0.4 is 5.32 Å². The molecule has 1 heterocycles. The first-order chi connectivity index (χ1) is 7.50. The molecule has 1 aliphatic rings. The van der Waals surface area contributed by atoms with E-state index in [2.05, 4.69) is 33.0 Å². The third kappa shape index (κ3) is 4.12. The number of carbonyl (C=O) groups is 1. The molecule has 0 spiro atoms. The van der Waals surface area contributed by atoms with Crippen molar-refractivity contribution in [2.24, 2.45) is 5.92 Å². The first kappa shape index (κ1) is 13.5. The maximum Gasteiger partial charge on any atom is 0.224 e. The number of rotatable bonds is 5. The molecule has 94 valence electrons. The summed E-state index contributed by atoms with van der Waals surface area (Å²) in [6.07, 6.45) is 3.04. The molecule has 1 aliphatic heterocycles. The molecule has 1 fully saturated rings. The second-order valence-corrected chi connectivity index (χ2v) is 5.53. The Morgan fingerprint density at radius 1 is 1.38 bits per heavy atom.